The summed E-state index contributed by atoms with van der Waals surface area (Å²) in [5.41, 5.74) is 1.01. The molecule has 0 unspecified atom stereocenters. The molecular weight excluding hydrogens is 233 g/mol. The summed E-state index contributed by atoms with van der Waals surface area (Å²) in [5, 5.41) is 4.88. The van der Waals surface area contributed by atoms with Crippen molar-refractivity contribution in [1.82, 2.24) is 0 Å². The Morgan fingerprint density at radius 3 is 1.60 bits per heavy atom. The molecule has 0 saturated carbocycles. The molecule has 8 N–H and O–H groups in total. The third-order valence-corrected chi connectivity index (χ3v) is 2.28. The van der Waals surface area contributed by atoms with Crippen LogP contribution in [0.25, 0.3) is 0 Å². The monoisotopic (exact) mass is 248 g/mol. The molecule has 1 aromatic carbocycles. The van der Waals surface area contributed by atoms with Gasteiger partial charge in [0, 0.05) is 0 Å². The van der Waals surface area contributed by atoms with Crippen LogP contribution in [0.15, 0.2) is 29.2 Å². The van der Waals surface area contributed by atoms with Crippen molar-refractivity contribution < 1.29 is 54.4 Å². The van der Waals surface area contributed by atoms with Gasteiger partial charge in [-0.3, -0.25) is 0 Å². The number of sulfonamides is 1. The molecule has 0 aliphatic heterocycles. The smallest absolute Gasteiger partial charge is 0.412 e. The molecule has 0 saturated heterocycles. The Balaban J connectivity index is -0.000000151. The average Bonchev–Trinajstić information content (AvgIpc) is 1.86. The summed E-state index contributed by atoms with van der Waals surface area (Å²) in [6.07, 6.45) is 0. The van der Waals surface area contributed by atoms with E-state index in [1.54, 1.807) is 12.1 Å². The van der Waals surface area contributed by atoms with E-state index in [-0.39, 0.29) is 50.9 Å². The van der Waals surface area contributed by atoms with Gasteiger partial charge < -0.3 is 16.4 Å². The van der Waals surface area contributed by atoms with E-state index < -0.39 is 10.0 Å². The van der Waals surface area contributed by atoms with Gasteiger partial charge >= 0.3 is 29.6 Å². The van der Waals surface area contributed by atoms with Gasteiger partial charge in [-0.05, 0) is 19.1 Å². The minimum absolute atomic E-state index is 0. The fourth-order valence-corrected chi connectivity index (χ4v) is 1.24. The third-order valence-electron chi connectivity index (χ3n) is 1.35. The van der Waals surface area contributed by atoms with Crippen LogP contribution in [0.3, 0.4) is 0 Å². The summed E-state index contributed by atoms with van der Waals surface area (Å²) in [4.78, 5) is 0.156. The summed E-state index contributed by atoms with van der Waals surface area (Å²) in [7, 11) is -3.52. The van der Waals surface area contributed by atoms with Crippen LogP contribution < -0.4 is 34.7 Å². The van der Waals surface area contributed by atoms with Gasteiger partial charge in [0.2, 0.25) is 10.0 Å². The summed E-state index contributed by atoms with van der Waals surface area (Å²) < 4.78 is 21.4. The Labute approximate surface area is 111 Å². The quantitative estimate of drug-likeness (QED) is 0.495. The van der Waals surface area contributed by atoms with E-state index in [0.29, 0.717) is 0 Å². The number of hydrogen-bond acceptors (Lipinski definition) is 2. The largest absolute Gasteiger partial charge is 1.00 e. The van der Waals surface area contributed by atoms with Crippen LogP contribution in [0.5, 0.6) is 0 Å². The summed E-state index contributed by atoms with van der Waals surface area (Å²) in [6.45, 7) is 1.88. The number of rotatable bonds is 1. The normalized spacial score (nSPS) is 8.40. The first kappa shape index (κ1) is 24.3. The van der Waals surface area contributed by atoms with Crippen LogP contribution in [0.1, 0.15) is 5.56 Å². The molecule has 8 heteroatoms. The molecule has 0 heterocycles. The fraction of sp³-hybridized carbons (Fsp3) is 0.143. The number of benzene rings is 1. The number of hydrogen-bond donors (Lipinski definition) is 1. The molecule has 15 heavy (non-hydrogen) atoms. The van der Waals surface area contributed by atoms with E-state index in [1.807, 2.05) is 6.92 Å². The third kappa shape index (κ3) is 7.88. The topological polar surface area (TPSA) is 155 Å². The van der Waals surface area contributed by atoms with E-state index in [1.165, 1.54) is 12.1 Å². The molecule has 0 radical (unpaired) electrons. The van der Waals surface area contributed by atoms with Crippen molar-refractivity contribution in [3.8, 4) is 0 Å². The van der Waals surface area contributed by atoms with Crippen molar-refractivity contribution in [2.45, 2.75) is 11.8 Å². The van der Waals surface area contributed by atoms with Crippen molar-refractivity contribution >= 4 is 10.0 Å². The predicted octanol–water partition coefficient (Wildman–Crippen LogP) is -4.83. The predicted molar refractivity (Wildman–Crippen MR) is 53.4 cm³/mol. The Hall–Kier alpha value is 0.01000. The molecule has 0 aliphatic rings. The summed E-state index contributed by atoms with van der Waals surface area (Å²) >= 11 is 0. The zero-order valence-corrected chi connectivity index (χ0v) is 11.4. The van der Waals surface area contributed by atoms with Crippen molar-refractivity contribution in [3.63, 3.8) is 0 Å². The number of aryl methyl sites for hydroxylation is 1. The Morgan fingerprint density at radius 1 is 1.00 bits per heavy atom. The Kier molecular flexibility index (Phi) is 15.0. The van der Waals surface area contributed by atoms with E-state index >= 15 is 0 Å². The molecule has 84 valence electrons. The van der Waals surface area contributed by atoms with Crippen LogP contribution in [0, 0.1) is 6.92 Å². The molecule has 0 fully saturated rings. The first-order chi connectivity index (χ1) is 5.00. The molecular formula is C7H15NNaO5S+. The maximum Gasteiger partial charge on any atom is 1.00 e. The minimum Gasteiger partial charge on any atom is -0.412 e. The van der Waals surface area contributed by atoms with Gasteiger partial charge in [0.1, 0.15) is 0 Å². The summed E-state index contributed by atoms with van der Waals surface area (Å²) in [5.74, 6) is 0. The second-order valence-electron chi connectivity index (χ2n) is 2.36. The second kappa shape index (κ2) is 9.25. The molecule has 0 aliphatic carbocycles. The van der Waals surface area contributed by atoms with Gasteiger partial charge in [-0.15, -0.1) is 0 Å². The van der Waals surface area contributed by atoms with E-state index in [0.717, 1.165) is 5.56 Å². The summed E-state index contributed by atoms with van der Waals surface area (Å²) in [6, 6.07) is 6.40. The van der Waals surface area contributed by atoms with Crippen molar-refractivity contribution in [1.29, 1.82) is 0 Å². The van der Waals surface area contributed by atoms with Gasteiger partial charge in [-0.2, -0.15) is 0 Å². The molecule has 1 rings (SSSR count). The van der Waals surface area contributed by atoms with Gasteiger partial charge in [0.25, 0.3) is 0 Å². The fourth-order valence-electron chi connectivity index (χ4n) is 0.728. The molecule has 0 aromatic heterocycles. The average molecular weight is 248 g/mol. The molecule has 0 spiro atoms. The van der Waals surface area contributed by atoms with Gasteiger partial charge in [0.05, 0.1) is 4.90 Å². The minimum atomic E-state index is -3.52. The molecule has 6 nitrogen and oxygen atoms in total. The first-order valence-electron chi connectivity index (χ1n) is 3.09. The van der Waals surface area contributed by atoms with Crippen LogP contribution in [0.2, 0.25) is 0 Å². The van der Waals surface area contributed by atoms with E-state index in [2.05, 4.69) is 0 Å². The standard InChI is InChI=1S/C7H9NO2S.Na.3H2O/c1-6-2-4-7(5-3-6)11(8,9)10;;;;/h2-5H,1H3,(H2,8,9,10);;3*1H2/q;+1;;;. The van der Waals surface area contributed by atoms with E-state index in [9.17, 15) is 8.42 Å². The van der Waals surface area contributed by atoms with Crippen LogP contribution >= 0.6 is 0 Å². The number of nitrogens with two attached hydrogens (primary N) is 1. The van der Waals surface area contributed by atoms with Crippen molar-refractivity contribution in [3.05, 3.63) is 29.8 Å². The second-order valence-corrected chi connectivity index (χ2v) is 3.92. The SMILES string of the molecule is Cc1ccc(S(N)(=O)=O)cc1.O.O.O.[Na+]. The molecule has 0 bridgehead atoms. The van der Waals surface area contributed by atoms with Gasteiger partial charge in [-0.1, -0.05) is 17.7 Å². The molecule has 0 amide bonds. The maximum atomic E-state index is 10.7. The van der Waals surface area contributed by atoms with Gasteiger partial charge in [-0.25, -0.2) is 13.6 Å². The van der Waals surface area contributed by atoms with Gasteiger partial charge in [0.15, 0.2) is 0 Å². The number of primary sulfonamides is 1. The zero-order valence-electron chi connectivity index (χ0n) is 8.61. The van der Waals surface area contributed by atoms with E-state index in [4.69, 9.17) is 5.14 Å². The van der Waals surface area contributed by atoms with Crippen LogP contribution in [0.4, 0.5) is 0 Å². The van der Waals surface area contributed by atoms with Crippen LogP contribution in [-0.4, -0.2) is 24.8 Å². The Morgan fingerprint density at radius 2 is 1.33 bits per heavy atom. The zero-order chi connectivity index (χ0) is 8.48. The van der Waals surface area contributed by atoms with Crippen LogP contribution in [-0.2, 0) is 10.0 Å². The molecule has 0 atom stereocenters. The Bertz CT molecular complexity index is 350. The maximum absolute atomic E-state index is 10.7. The first-order valence-corrected chi connectivity index (χ1v) is 4.64. The molecule has 1 aromatic rings. The van der Waals surface area contributed by atoms with Crippen molar-refractivity contribution in [2.24, 2.45) is 5.14 Å². The van der Waals surface area contributed by atoms with Crippen molar-refractivity contribution in [2.75, 3.05) is 0 Å².